The van der Waals surface area contributed by atoms with E-state index in [2.05, 4.69) is 60.2 Å². The van der Waals surface area contributed by atoms with Gasteiger partial charge in [0, 0.05) is 36.1 Å². The number of aromatic nitrogens is 6. The van der Waals surface area contributed by atoms with Crippen LogP contribution in [-0.2, 0) is 10.0 Å². The monoisotopic (exact) mass is 517 g/mol. The largest absolute Gasteiger partial charge is 0.344 e. The first-order chi connectivity index (χ1) is 17.7. The number of nitrogens with zero attached hydrogens (tertiary/aromatic N) is 8. The summed E-state index contributed by atoms with van der Waals surface area (Å²) < 4.78 is 28.2. The molecule has 4 aromatic rings. The van der Waals surface area contributed by atoms with Gasteiger partial charge in [0.15, 0.2) is 5.82 Å². The summed E-state index contributed by atoms with van der Waals surface area (Å²) in [6.07, 6.45) is 9.95. The molecule has 0 amide bonds. The second-order valence-electron chi connectivity index (χ2n) is 9.82. The molecule has 0 atom stereocenters. The van der Waals surface area contributed by atoms with Crippen molar-refractivity contribution in [1.29, 1.82) is 0 Å². The van der Waals surface area contributed by atoms with Gasteiger partial charge in [-0.05, 0) is 52.2 Å². The number of nitrogens with one attached hydrogen (secondary N) is 1. The van der Waals surface area contributed by atoms with Crippen LogP contribution in [0.4, 0.5) is 11.6 Å². The summed E-state index contributed by atoms with van der Waals surface area (Å²) in [5.41, 5.74) is 4.68. The van der Waals surface area contributed by atoms with Crippen molar-refractivity contribution in [1.82, 2.24) is 28.7 Å². The highest BCUT2D eigenvalue weighted by molar-refractivity contribution is 7.90. The summed E-state index contributed by atoms with van der Waals surface area (Å²) in [5.74, 6) is 1.61. The Bertz CT molecular complexity index is 1680. The van der Waals surface area contributed by atoms with Crippen molar-refractivity contribution in [2.45, 2.75) is 57.7 Å². The maximum atomic E-state index is 12.5. The Morgan fingerprint density at radius 2 is 1.78 bits per heavy atom. The predicted molar refractivity (Wildman–Crippen MR) is 143 cm³/mol. The molecule has 5 heterocycles. The zero-order valence-corrected chi connectivity index (χ0v) is 21.8. The van der Waals surface area contributed by atoms with Gasteiger partial charge in [-0.3, -0.25) is 0 Å². The van der Waals surface area contributed by atoms with Crippen LogP contribution in [0.5, 0.6) is 0 Å². The molecule has 1 fully saturated rings. The minimum atomic E-state index is -3.45. The molecule has 37 heavy (non-hydrogen) atoms. The number of fused-ring (bicyclic) bond motifs is 1. The molecule has 2 aliphatic rings. The van der Waals surface area contributed by atoms with Crippen LogP contribution in [0.25, 0.3) is 22.3 Å². The van der Waals surface area contributed by atoms with Gasteiger partial charge < -0.3 is 9.88 Å². The molecular formula is C25H27N9O2S. The van der Waals surface area contributed by atoms with E-state index in [9.17, 15) is 8.42 Å². The Balaban J connectivity index is 1.31. The molecule has 1 aliphatic carbocycles. The van der Waals surface area contributed by atoms with Crippen molar-refractivity contribution in [3.8, 4) is 11.4 Å². The fraction of sp³-hybridized carbons (Fsp3) is 0.360. The first-order valence-corrected chi connectivity index (χ1v) is 13.7. The molecule has 0 unspecified atom stereocenters. The van der Waals surface area contributed by atoms with Crippen molar-refractivity contribution in [2.24, 2.45) is 10.2 Å². The third-order valence-electron chi connectivity index (χ3n) is 6.75. The van der Waals surface area contributed by atoms with E-state index in [1.807, 2.05) is 26.1 Å². The van der Waals surface area contributed by atoms with E-state index in [0.29, 0.717) is 35.9 Å². The molecule has 0 radical (unpaired) electrons. The van der Waals surface area contributed by atoms with E-state index in [1.54, 1.807) is 12.3 Å². The molecule has 12 heteroatoms. The number of anilines is 2. The van der Waals surface area contributed by atoms with Gasteiger partial charge in [0.1, 0.15) is 11.6 Å². The van der Waals surface area contributed by atoms with Gasteiger partial charge in [-0.25, -0.2) is 23.4 Å². The fourth-order valence-electron chi connectivity index (χ4n) is 4.70. The topological polar surface area (TPSA) is 132 Å². The molecule has 11 nitrogen and oxygen atoms in total. The van der Waals surface area contributed by atoms with Crippen molar-refractivity contribution in [2.75, 3.05) is 5.32 Å². The van der Waals surface area contributed by atoms with Gasteiger partial charge in [-0.2, -0.15) is 19.4 Å². The SMILES string of the molecule is CC1=NN=C(C)C1c1cn(C(C)C)c2cc(Nc3ccnc(-c4cnn(S(=O)(=O)C5CC5)c4)n3)ncc12. The maximum Gasteiger partial charge on any atom is 0.256 e. The van der Waals surface area contributed by atoms with Crippen LogP contribution >= 0.6 is 0 Å². The standard InChI is InChI=1S/C25H27N9O2S/c1-14(2)33-13-20(24-15(3)31-32-16(24)4)19-11-27-23(9-21(19)33)29-22-7-8-26-25(30-22)17-10-28-34(12-17)37(35,36)18-5-6-18/h7-14,18,24H,5-6H2,1-4H3,(H,26,27,29,30). The van der Waals surface area contributed by atoms with E-state index in [4.69, 9.17) is 0 Å². The molecule has 1 aliphatic heterocycles. The van der Waals surface area contributed by atoms with E-state index in [-0.39, 0.29) is 17.2 Å². The minimum Gasteiger partial charge on any atom is -0.344 e. The molecule has 6 rings (SSSR count). The molecule has 0 aromatic carbocycles. The Kier molecular flexibility index (Phi) is 5.44. The Morgan fingerprint density at radius 1 is 1.03 bits per heavy atom. The van der Waals surface area contributed by atoms with Crippen molar-refractivity contribution in [3.05, 3.63) is 48.7 Å². The minimum absolute atomic E-state index is 0.0529. The summed E-state index contributed by atoms with van der Waals surface area (Å²) in [4.78, 5) is 13.5. The Morgan fingerprint density at radius 3 is 2.49 bits per heavy atom. The number of rotatable bonds is 7. The molecule has 1 N–H and O–H groups in total. The summed E-state index contributed by atoms with van der Waals surface area (Å²) in [7, 11) is -3.45. The van der Waals surface area contributed by atoms with Crippen LogP contribution in [0.1, 0.15) is 58.1 Å². The highest BCUT2D eigenvalue weighted by Gasteiger charge is 2.37. The van der Waals surface area contributed by atoms with Crippen LogP contribution in [0.3, 0.4) is 0 Å². The summed E-state index contributed by atoms with van der Waals surface area (Å²) >= 11 is 0. The predicted octanol–water partition coefficient (Wildman–Crippen LogP) is 4.29. The first kappa shape index (κ1) is 23.5. The van der Waals surface area contributed by atoms with Crippen LogP contribution in [0, 0.1) is 0 Å². The molecule has 4 aromatic heterocycles. The van der Waals surface area contributed by atoms with E-state index in [1.165, 1.54) is 12.4 Å². The fourth-order valence-corrected chi connectivity index (χ4v) is 6.17. The highest BCUT2D eigenvalue weighted by atomic mass is 32.2. The third kappa shape index (κ3) is 4.10. The first-order valence-electron chi connectivity index (χ1n) is 12.2. The zero-order chi connectivity index (χ0) is 25.9. The van der Waals surface area contributed by atoms with Gasteiger partial charge in [0.2, 0.25) is 0 Å². The Hall–Kier alpha value is -3.93. The average molecular weight is 518 g/mol. The second kappa shape index (κ2) is 8.58. The van der Waals surface area contributed by atoms with Crippen molar-refractivity contribution in [3.63, 3.8) is 0 Å². The second-order valence-corrected chi connectivity index (χ2v) is 11.9. The molecule has 0 saturated heterocycles. The third-order valence-corrected chi connectivity index (χ3v) is 8.79. The quantitative estimate of drug-likeness (QED) is 0.387. The lowest BCUT2D eigenvalue weighted by Crippen LogP contribution is -2.17. The molecule has 190 valence electrons. The maximum absolute atomic E-state index is 12.5. The van der Waals surface area contributed by atoms with Gasteiger partial charge in [0.25, 0.3) is 10.0 Å². The average Bonchev–Trinajstić information content (AvgIpc) is 3.37. The van der Waals surface area contributed by atoms with Crippen LogP contribution in [0.15, 0.2) is 53.3 Å². The summed E-state index contributed by atoms with van der Waals surface area (Å²) in [6, 6.07) is 4.00. The normalized spacial score (nSPS) is 16.5. The van der Waals surface area contributed by atoms with Gasteiger partial charge in [-0.1, -0.05) is 0 Å². The van der Waals surface area contributed by atoms with Crippen molar-refractivity contribution >= 4 is 44.0 Å². The molecule has 0 spiro atoms. The van der Waals surface area contributed by atoms with E-state index < -0.39 is 10.0 Å². The number of pyridine rings is 1. The van der Waals surface area contributed by atoms with Crippen molar-refractivity contribution < 1.29 is 8.42 Å². The number of hydrogen-bond acceptors (Lipinski definition) is 9. The lowest BCUT2D eigenvalue weighted by Gasteiger charge is -2.10. The van der Waals surface area contributed by atoms with Gasteiger partial charge in [-0.15, -0.1) is 0 Å². The lowest BCUT2D eigenvalue weighted by molar-refractivity contribution is 0.578. The molecule has 0 bridgehead atoms. The summed E-state index contributed by atoms with van der Waals surface area (Å²) in [6.45, 7) is 8.30. The zero-order valence-electron chi connectivity index (χ0n) is 21.0. The molecular weight excluding hydrogens is 490 g/mol. The van der Waals surface area contributed by atoms with Crippen LogP contribution in [-0.4, -0.2) is 53.8 Å². The van der Waals surface area contributed by atoms with Crippen LogP contribution in [0.2, 0.25) is 0 Å². The van der Waals surface area contributed by atoms with Crippen LogP contribution < -0.4 is 5.32 Å². The summed E-state index contributed by atoms with van der Waals surface area (Å²) in [5, 5.41) is 16.6. The molecule has 1 saturated carbocycles. The Labute approximate surface area is 214 Å². The lowest BCUT2D eigenvalue weighted by atomic mass is 9.92. The number of hydrogen-bond donors (Lipinski definition) is 1. The van der Waals surface area contributed by atoms with Gasteiger partial charge in [0.05, 0.1) is 46.1 Å². The van der Waals surface area contributed by atoms with Gasteiger partial charge >= 0.3 is 0 Å². The van der Waals surface area contributed by atoms with E-state index >= 15 is 0 Å². The smallest absolute Gasteiger partial charge is 0.256 e. The van der Waals surface area contributed by atoms with E-state index in [0.717, 1.165) is 32.0 Å². The highest BCUT2D eigenvalue weighted by Crippen LogP contribution is 2.35.